The average Bonchev–Trinajstić information content (AvgIpc) is 2.90. The highest BCUT2D eigenvalue weighted by molar-refractivity contribution is 5.75. The second-order valence-electron chi connectivity index (χ2n) is 6.36. The van der Waals surface area contributed by atoms with Crippen molar-refractivity contribution in [2.75, 3.05) is 6.54 Å². The van der Waals surface area contributed by atoms with Crippen LogP contribution >= 0.6 is 0 Å². The van der Waals surface area contributed by atoms with Crippen molar-refractivity contribution in [3.05, 3.63) is 59.9 Å². The van der Waals surface area contributed by atoms with Crippen LogP contribution in [0.1, 0.15) is 24.7 Å². The lowest BCUT2D eigenvalue weighted by molar-refractivity contribution is 0.474. The lowest BCUT2D eigenvalue weighted by atomic mass is 10.1. The predicted molar refractivity (Wildman–Crippen MR) is 98.4 cm³/mol. The number of nitrogens with zero attached hydrogens (tertiary/aromatic N) is 2. The smallest absolute Gasteiger partial charge is 0.115 e. The van der Waals surface area contributed by atoms with E-state index in [9.17, 15) is 5.11 Å². The van der Waals surface area contributed by atoms with Crippen molar-refractivity contribution in [2.45, 2.75) is 39.3 Å². The van der Waals surface area contributed by atoms with Gasteiger partial charge >= 0.3 is 0 Å². The monoisotopic (exact) mass is 323 g/mol. The van der Waals surface area contributed by atoms with Gasteiger partial charge in [-0.2, -0.15) is 0 Å². The molecule has 0 aliphatic rings. The van der Waals surface area contributed by atoms with Gasteiger partial charge in [-0.15, -0.1) is 0 Å². The molecule has 0 amide bonds. The van der Waals surface area contributed by atoms with Crippen molar-refractivity contribution in [1.29, 1.82) is 0 Å². The number of aryl methyl sites for hydroxylation is 2. The lowest BCUT2D eigenvalue weighted by Gasteiger charge is -2.15. The van der Waals surface area contributed by atoms with Gasteiger partial charge in [-0.05, 0) is 56.5 Å². The molecule has 126 valence electrons. The Morgan fingerprint density at radius 1 is 1.12 bits per heavy atom. The molecule has 4 heteroatoms. The summed E-state index contributed by atoms with van der Waals surface area (Å²) in [5.41, 5.74) is 3.53. The summed E-state index contributed by atoms with van der Waals surface area (Å²) in [5.74, 6) is 1.39. The first-order valence-electron chi connectivity index (χ1n) is 8.56. The molecule has 0 saturated heterocycles. The minimum absolute atomic E-state index is 0.327. The van der Waals surface area contributed by atoms with Crippen LogP contribution in [0, 0.1) is 6.92 Å². The summed E-state index contributed by atoms with van der Waals surface area (Å²) in [7, 11) is 0. The van der Waals surface area contributed by atoms with E-state index in [1.165, 1.54) is 11.1 Å². The molecule has 4 nitrogen and oxygen atoms in total. The molecule has 0 aliphatic heterocycles. The van der Waals surface area contributed by atoms with Gasteiger partial charge in [0.15, 0.2) is 0 Å². The summed E-state index contributed by atoms with van der Waals surface area (Å²) in [4.78, 5) is 4.61. The van der Waals surface area contributed by atoms with Gasteiger partial charge < -0.3 is 15.0 Å². The average molecular weight is 323 g/mol. The number of fused-ring (bicyclic) bond motifs is 1. The largest absolute Gasteiger partial charge is 0.508 e. The zero-order valence-electron chi connectivity index (χ0n) is 14.4. The maximum atomic E-state index is 9.32. The van der Waals surface area contributed by atoms with E-state index >= 15 is 0 Å². The van der Waals surface area contributed by atoms with Crippen LogP contribution in [0.25, 0.3) is 11.0 Å². The summed E-state index contributed by atoms with van der Waals surface area (Å²) < 4.78 is 2.27. The Morgan fingerprint density at radius 3 is 2.67 bits per heavy atom. The number of phenolic OH excluding ortho intramolecular Hbond substituents is 1. The third kappa shape index (κ3) is 3.95. The molecule has 2 aromatic carbocycles. The maximum Gasteiger partial charge on any atom is 0.115 e. The maximum absolute atomic E-state index is 9.32. The Balaban J connectivity index is 1.48. The summed E-state index contributed by atoms with van der Waals surface area (Å²) in [6, 6.07) is 16.2. The molecule has 0 aliphatic carbocycles. The Morgan fingerprint density at radius 2 is 1.88 bits per heavy atom. The number of hydrogen-bond acceptors (Lipinski definition) is 3. The normalized spacial score (nSPS) is 12.6. The van der Waals surface area contributed by atoms with Crippen LogP contribution in [0.15, 0.2) is 48.5 Å². The lowest BCUT2D eigenvalue weighted by Crippen LogP contribution is -2.30. The zero-order chi connectivity index (χ0) is 16.9. The highest BCUT2D eigenvalue weighted by atomic mass is 16.3. The van der Waals surface area contributed by atoms with Gasteiger partial charge in [0, 0.05) is 19.1 Å². The highest BCUT2D eigenvalue weighted by Crippen LogP contribution is 2.15. The number of hydrogen-bond donors (Lipinski definition) is 2. The van der Waals surface area contributed by atoms with Gasteiger partial charge in [-0.25, -0.2) is 4.98 Å². The van der Waals surface area contributed by atoms with Gasteiger partial charge in [0.25, 0.3) is 0 Å². The van der Waals surface area contributed by atoms with E-state index in [0.717, 1.165) is 37.3 Å². The molecule has 0 radical (unpaired) electrons. The molecule has 1 heterocycles. The van der Waals surface area contributed by atoms with Crippen LogP contribution in [-0.2, 0) is 13.0 Å². The van der Waals surface area contributed by atoms with E-state index in [2.05, 4.69) is 46.9 Å². The third-order valence-electron chi connectivity index (χ3n) is 4.48. The molecule has 2 N–H and O–H groups in total. The first-order chi connectivity index (χ1) is 11.6. The van der Waals surface area contributed by atoms with E-state index in [0.29, 0.717) is 11.8 Å². The van der Waals surface area contributed by atoms with Crippen molar-refractivity contribution < 1.29 is 5.11 Å². The van der Waals surface area contributed by atoms with E-state index < -0.39 is 0 Å². The van der Waals surface area contributed by atoms with E-state index in [4.69, 9.17) is 0 Å². The quantitative estimate of drug-likeness (QED) is 0.697. The minimum atomic E-state index is 0.327. The molecule has 1 aromatic heterocycles. The van der Waals surface area contributed by atoms with Crippen LogP contribution in [0.5, 0.6) is 5.75 Å². The predicted octanol–water partition coefficient (Wildman–Crippen LogP) is 3.66. The number of phenols is 1. The minimum Gasteiger partial charge on any atom is -0.508 e. The van der Waals surface area contributed by atoms with Gasteiger partial charge in [0.05, 0.1) is 11.0 Å². The number of para-hydroxylation sites is 2. The van der Waals surface area contributed by atoms with Crippen LogP contribution in [0.2, 0.25) is 0 Å². The fourth-order valence-electron chi connectivity index (χ4n) is 3.05. The van der Waals surface area contributed by atoms with E-state index in [1.807, 2.05) is 18.2 Å². The molecule has 0 fully saturated rings. The summed E-state index contributed by atoms with van der Waals surface area (Å²) in [5, 5.41) is 12.9. The second kappa shape index (κ2) is 7.49. The molecule has 0 saturated carbocycles. The number of aromatic nitrogens is 2. The molecule has 0 spiro atoms. The van der Waals surface area contributed by atoms with E-state index in [1.54, 1.807) is 12.1 Å². The summed E-state index contributed by atoms with van der Waals surface area (Å²) in [6.45, 7) is 6.14. The number of rotatable bonds is 7. The molecule has 24 heavy (non-hydrogen) atoms. The van der Waals surface area contributed by atoms with Crippen molar-refractivity contribution in [3.8, 4) is 5.75 Å². The van der Waals surface area contributed by atoms with Crippen molar-refractivity contribution in [3.63, 3.8) is 0 Å². The highest BCUT2D eigenvalue weighted by Gasteiger charge is 2.07. The van der Waals surface area contributed by atoms with Crippen LogP contribution < -0.4 is 5.32 Å². The van der Waals surface area contributed by atoms with Gasteiger partial charge in [0.2, 0.25) is 0 Å². The van der Waals surface area contributed by atoms with Crippen molar-refractivity contribution >= 4 is 11.0 Å². The third-order valence-corrected chi connectivity index (χ3v) is 4.48. The molecular formula is C20H25N3O. The van der Waals surface area contributed by atoms with E-state index in [-0.39, 0.29) is 0 Å². The van der Waals surface area contributed by atoms with Crippen LogP contribution in [-0.4, -0.2) is 27.2 Å². The second-order valence-corrected chi connectivity index (χ2v) is 6.36. The first-order valence-corrected chi connectivity index (χ1v) is 8.56. The first kappa shape index (κ1) is 16.5. The molecule has 0 bridgehead atoms. The Labute approximate surface area is 143 Å². The number of benzene rings is 2. The molecular weight excluding hydrogens is 298 g/mol. The Kier molecular flexibility index (Phi) is 5.16. The standard InChI is InChI=1S/C20H25N3O/c1-15(7-8-17-9-11-18(24)12-10-17)21-13-14-23-16(2)22-19-5-3-4-6-20(19)23/h3-6,9-12,15,21,24H,7-8,13-14H2,1-2H3. The van der Waals surface area contributed by atoms with Crippen molar-refractivity contribution in [1.82, 2.24) is 14.9 Å². The molecule has 1 unspecified atom stereocenters. The molecule has 3 aromatic rings. The summed E-state index contributed by atoms with van der Waals surface area (Å²) >= 11 is 0. The van der Waals surface area contributed by atoms with Crippen LogP contribution in [0.4, 0.5) is 0 Å². The molecule has 3 rings (SSSR count). The number of aromatic hydroxyl groups is 1. The van der Waals surface area contributed by atoms with Gasteiger partial charge in [-0.1, -0.05) is 24.3 Å². The van der Waals surface area contributed by atoms with Gasteiger partial charge in [-0.3, -0.25) is 0 Å². The molecule has 1 atom stereocenters. The van der Waals surface area contributed by atoms with Crippen molar-refractivity contribution in [2.24, 2.45) is 0 Å². The number of nitrogens with one attached hydrogen (secondary N) is 1. The fraction of sp³-hybridized carbons (Fsp3) is 0.350. The Bertz CT molecular complexity index is 792. The summed E-state index contributed by atoms with van der Waals surface area (Å²) in [6.07, 6.45) is 2.09. The Hall–Kier alpha value is -2.33. The fourth-order valence-corrected chi connectivity index (χ4v) is 3.05. The number of imidazole rings is 1. The topological polar surface area (TPSA) is 50.1 Å². The SMILES string of the molecule is Cc1nc2ccccc2n1CCNC(C)CCc1ccc(O)cc1. The van der Waals surface area contributed by atoms with Crippen LogP contribution in [0.3, 0.4) is 0 Å². The zero-order valence-corrected chi connectivity index (χ0v) is 14.4. The van der Waals surface area contributed by atoms with Gasteiger partial charge in [0.1, 0.15) is 11.6 Å².